The average Bonchev–Trinajstić information content (AvgIpc) is 3.76. The molecule has 8 aromatic carbocycles. The van der Waals surface area contributed by atoms with E-state index in [0.29, 0.717) is 0 Å². The summed E-state index contributed by atoms with van der Waals surface area (Å²) in [5.41, 5.74) is 17.7. The van der Waals surface area contributed by atoms with Crippen LogP contribution in [0.4, 0.5) is 17.1 Å². The summed E-state index contributed by atoms with van der Waals surface area (Å²) in [7, 11) is 0. The van der Waals surface area contributed by atoms with Crippen molar-refractivity contribution in [3.63, 3.8) is 0 Å². The standard InChI is InChI=1S/C52H40N2/c1-51(2)39-23-11-7-21-37(39)49-41(51)25-15-29-47(49)54(48-30-16-26-42-50(48)38-22-8-12-24-40(38)52(42,3)4)46-32-31-45(35-17-5-6-18-36(35)46)53-43-27-13-9-19-33(43)34-20-10-14-28-44(34)53/h5-32H,1-4H3. The Hall–Kier alpha value is -6.38. The largest absolute Gasteiger partial charge is 0.309 e. The molecule has 0 saturated heterocycles. The molecule has 0 unspecified atom stereocenters. The van der Waals surface area contributed by atoms with Crippen LogP contribution in [-0.4, -0.2) is 4.57 Å². The van der Waals surface area contributed by atoms with Crippen LogP contribution in [0.15, 0.2) is 170 Å². The number of hydrogen-bond acceptors (Lipinski definition) is 1. The summed E-state index contributed by atoms with van der Waals surface area (Å²) < 4.78 is 2.46. The summed E-state index contributed by atoms with van der Waals surface area (Å²) in [6.07, 6.45) is 0. The number of anilines is 3. The van der Waals surface area contributed by atoms with Gasteiger partial charge in [-0.25, -0.2) is 0 Å². The molecule has 0 atom stereocenters. The highest BCUT2D eigenvalue weighted by molar-refractivity contribution is 6.13. The maximum Gasteiger partial charge on any atom is 0.0543 e. The van der Waals surface area contributed by atoms with E-state index in [1.807, 2.05) is 0 Å². The number of aromatic nitrogens is 1. The van der Waals surface area contributed by atoms with Gasteiger partial charge < -0.3 is 9.47 Å². The van der Waals surface area contributed by atoms with Crippen molar-refractivity contribution in [1.82, 2.24) is 4.57 Å². The van der Waals surface area contributed by atoms with Gasteiger partial charge >= 0.3 is 0 Å². The lowest BCUT2D eigenvalue weighted by atomic mass is 9.82. The Labute approximate surface area is 316 Å². The molecule has 1 heterocycles. The van der Waals surface area contributed by atoms with Crippen molar-refractivity contribution in [2.75, 3.05) is 4.90 Å². The van der Waals surface area contributed by atoms with Crippen LogP contribution < -0.4 is 4.90 Å². The minimum absolute atomic E-state index is 0.122. The summed E-state index contributed by atoms with van der Waals surface area (Å²) in [6.45, 7) is 9.50. The van der Waals surface area contributed by atoms with Gasteiger partial charge in [0.1, 0.15) is 0 Å². The summed E-state index contributed by atoms with van der Waals surface area (Å²) >= 11 is 0. The molecule has 0 bridgehead atoms. The molecule has 9 aromatic rings. The van der Waals surface area contributed by atoms with Crippen LogP contribution in [0, 0.1) is 0 Å². The molecule has 2 nitrogen and oxygen atoms in total. The van der Waals surface area contributed by atoms with Gasteiger partial charge in [-0.1, -0.05) is 161 Å². The number of para-hydroxylation sites is 2. The maximum absolute atomic E-state index is 2.59. The summed E-state index contributed by atoms with van der Waals surface area (Å²) in [4.78, 5) is 2.59. The number of fused-ring (bicyclic) bond motifs is 10. The molecule has 0 fully saturated rings. The molecule has 0 aliphatic heterocycles. The van der Waals surface area contributed by atoms with Crippen molar-refractivity contribution in [3.8, 4) is 27.9 Å². The van der Waals surface area contributed by atoms with Crippen molar-refractivity contribution >= 4 is 49.6 Å². The second kappa shape index (κ2) is 11.1. The summed E-state index contributed by atoms with van der Waals surface area (Å²) in [5, 5.41) is 4.96. The Balaban J connectivity index is 1.25. The topological polar surface area (TPSA) is 8.17 Å². The normalized spacial score (nSPS) is 14.6. The van der Waals surface area contributed by atoms with Crippen LogP contribution in [0.25, 0.3) is 60.5 Å². The third-order valence-corrected chi connectivity index (χ3v) is 12.6. The molecule has 2 aliphatic rings. The van der Waals surface area contributed by atoms with Gasteiger partial charge in [0.05, 0.1) is 33.8 Å². The van der Waals surface area contributed by atoms with Gasteiger partial charge in [0.25, 0.3) is 0 Å². The fourth-order valence-electron chi connectivity index (χ4n) is 10.1. The lowest BCUT2D eigenvalue weighted by Gasteiger charge is -2.32. The molecule has 2 aliphatic carbocycles. The number of rotatable bonds is 4. The molecule has 11 rings (SSSR count). The second-order valence-corrected chi connectivity index (χ2v) is 16.1. The minimum Gasteiger partial charge on any atom is -0.309 e. The van der Waals surface area contributed by atoms with Gasteiger partial charge in [-0.2, -0.15) is 0 Å². The minimum atomic E-state index is -0.122. The quantitative estimate of drug-likeness (QED) is 0.178. The van der Waals surface area contributed by atoms with Gasteiger partial charge in [-0.3, -0.25) is 0 Å². The highest BCUT2D eigenvalue weighted by atomic mass is 15.2. The zero-order valence-corrected chi connectivity index (χ0v) is 31.1. The fourth-order valence-corrected chi connectivity index (χ4v) is 10.1. The molecule has 0 saturated carbocycles. The van der Waals surface area contributed by atoms with Gasteiger partial charge in [-0.05, 0) is 69.8 Å². The van der Waals surface area contributed by atoms with Crippen molar-refractivity contribution < 1.29 is 0 Å². The highest BCUT2D eigenvalue weighted by Crippen LogP contribution is 2.58. The maximum atomic E-state index is 2.59. The molecule has 0 N–H and O–H groups in total. The number of benzene rings is 8. The molecule has 258 valence electrons. The number of hydrogen-bond donors (Lipinski definition) is 0. The van der Waals surface area contributed by atoms with E-state index in [9.17, 15) is 0 Å². The van der Waals surface area contributed by atoms with E-state index in [2.05, 4.69) is 207 Å². The first-order valence-corrected chi connectivity index (χ1v) is 19.1. The number of nitrogens with zero attached hydrogens (tertiary/aromatic N) is 2. The van der Waals surface area contributed by atoms with Crippen molar-refractivity contribution in [1.29, 1.82) is 0 Å². The lowest BCUT2D eigenvalue weighted by Crippen LogP contribution is -2.17. The van der Waals surface area contributed by atoms with E-state index >= 15 is 0 Å². The van der Waals surface area contributed by atoms with Crippen molar-refractivity contribution in [3.05, 3.63) is 192 Å². The Bertz CT molecular complexity index is 2850. The monoisotopic (exact) mass is 692 g/mol. The van der Waals surface area contributed by atoms with Gasteiger partial charge in [0.15, 0.2) is 0 Å². The van der Waals surface area contributed by atoms with Crippen LogP contribution in [-0.2, 0) is 10.8 Å². The third-order valence-electron chi connectivity index (χ3n) is 12.6. The Morgan fingerprint density at radius 2 is 0.778 bits per heavy atom. The van der Waals surface area contributed by atoms with Crippen LogP contribution in [0.2, 0.25) is 0 Å². The predicted molar refractivity (Wildman–Crippen MR) is 228 cm³/mol. The predicted octanol–water partition coefficient (Wildman–Crippen LogP) is 14.0. The zero-order valence-electron chi connectivity index (χ0n) is 31.1. The van der Waals surface area contributed by atoms with Crippen LogP contribution in [0.3, 0.4) is 0 Å². The molecule has 2 heteroatoms. The summed E-state index contributed by atoms with van der Waals surface area (Å²) in [6, 6.07) is 63.3. The van der Waals surface area contributed by atoms with Crippen molar-refractivity contribution in [2.24, 2.45) is 0 Å². The van der Waals surface area contributed by atoms with E-state index in [1.54, 1.807) is 0 Å². The molecular weight excluding hydrogens is 653 g/mol. The Kier molecular flexibility index (Phi) is 6.39. The van der Waals surface area contributed by atoms with E-state index in [0.717, 1.165) is 0 Å². The Morgan fingerprint density at radius 3 is 1.31 bits per heavy atom. The molecule has 1 aromatic heterocycles. The smallest absolute Gasteiger partial charge is 0.0543 e. The molecule has 0 amide bonds. The summed E-state index contributed by atoms with van der Waals surface area (Å²) in [5.74, 6) is 0. The van der Waals surface area contributed by atoms with Crippen LogP contribution in [0.1, 0.15) is 49.9 Å². The van der Waals surface area contributed by atoms with Gasteiger partial charge in [-0.15, -0.1) is 0 Å². The zero-order chi connectivity index (χ0) is 36.3. The van der Waals surface area contributed by atoms with E-state index in [4.69, 9.17) is 0 Å². The third kappa shape index (κ3) is 4.06. The van der Waals surface area contributed by atoms with Gasteiger partial charge in [0, 0.05) is 43.5 Å². The molecule has 54 heavy (non-hydrogen) atoms. The van der Waals surface area contributed by atoms with E-state index < -0.39 is 0 Å². The van der Waals surface area contributed by atoms with E-state index in [1.165, 1.54) is 99.8 Å². The highest BCUT2D eigenvalue weighted by Gasteiger charge is 2.41. The lowest BCUT2D eigenvalue weighted by molar-refractivity contribution is 0.660. The molecule has 0 spiro atoms. The first kappa shape index (κ1) is 31.2. The molecule has 0 radical (unpaired) electrons. The molecular formula is C52H40N2. The van der Waals surface area contributed by atoms with Crippen LogP contribution >= 0.6 is 0 Å². The van der Waals surface area contributed by atoms with Crippen molar-refractivity contribution in [2.45, 2.75) is 38.5 Å². The van der Waals surface area contributed by atoms with Crippen LogP contribution in [0.5, 0.6) is 0 Å². The second-order valence-electron chi connectivity index (χ2n) is 16.1. The SMILES string of the molecule is CC1(C)c2ccccc2-c2c(N(c3cccc4c3-c3ccccc3C4(C)C)c3ccc(-n4c5ccccc5c5ccccc54)c4ccccc34)cccc21. The van der Waals surface area contributed by atoms with E-state index in [-0.39, 0.29) is 10.8 Å². The first-order valence-electron chi connectivity index (χ1n) is 19.1. The fraction of sp³-hybridized carbons (Fsp3) is 0.115. The van der Waals surface area contributed by atoms with Gasteiger partial charge in [0.2, 0.25) is 0 Å². The average molecular weight is 693 g/mol. The first-order chi connectivity index (χ1) is 26.4. The Morgan fingerprint density at radius 1 is 0.352 bits per heavy atom.